The molecule has 0 spiro atoms. The quantitative estimate of drug-likeness (QED) is 0.490. The Morgan fingerprint density at radius 1 is 1.06 bits per heavy atom. The summed E-state index contributed by atoms with van der Waals surface area (Å²) in [5.74, 6) is -0.665. The van der Waals surface area contributed by atoms with E-state index in [1.165, 1.54) is 11.3 Å². The summed E-state index contributed by atoms with van der Waals surface area (Å²) in [6, 6.07) is 14.0. The molecule has 0 heterocycles. The SMILES string of the molecule is Cc1ccc(CN(C(=O)CN(c2ccccc2Br)S(C)(=O)=O)[C@@H](C)C(=O)NC2CCCCC2)cc1. The molecule has 0 aliphatic heterocycles. The molecular formula is C26H34BrN3O4S. The molecule has 0 aromatic heterocycles. The van der Waals surface area contributed by atoms with E-state index in [9.17, 15) is 18.0 Å². The third-order valence-electron chi connectivity index (χ3n) is 6.39. The van der Waals surface area contributed by atoms with Crippen LogP contribution in [0.4, 0.5) is 5.69 Å². The molecule has 35 heavy (non-hydrogen) atoms. The van der Waals surface area contributed by atoms with Gasteiger partial charge in [-0.05, 0) is 60.3 Å². The number of carbonyl (C=O) groups is 2. The summed E-state index contributed by atoms with van der Waals surface area (Å²) in [6.45, 7) is 3.47. The van der Waals surface area contributed by atoms with Crippen molar-refractivity contribution in [2.24, 2.45) is 0 Å². The highest BCUT2D eigenvalue weighted by molar-refractivity contribution is 9.10. The summed E-state index contributed by atoms with van der Waals surface area (Å²) < 4.78 is 27.0. The average Bonchev–Trinajstić information content (AvgIpc) is 2.82. The Labute approximate surface area is 217 Å². The minimum atomic E-state index is -3.76. The zero-order chi connectivity index (χ0) is 25.6. The number of nitrogens with one attached hydrogen (secondary N) is 1. The Hall–Kier alpha value is -2.39. The smallest absolute Gasteiger partial charge is 0.244 e. The maximum absolute atomic E-state index is 13.6. The van der Waals surface area contributed by atoms with Gasteiger partial charge < -0.3 is 10.2 Å². The standard InChI is InChI=1S/C26H34BrN3O4S/c1-19-13-15-21(16-14-19)17-29(20(2)26(32)28-22-9-5-4-6-10-22)25(31)18-30(35(3,33)34)24-12-8-7-11-23(24)27/h7-8,11-16,20,22H,4-6,9-10,17-18H2,1-3H3,(H,28,32)/t20-/m0/s1. The van der Waals surface area contributed by atoms with Crippen LogP contribution in [0, 0.1) is 6.92 Å². The summed E-state index contributed by atoms with van der Waals surface area (Å²) in [5, 5.41) is 3.10. The van der Waals surface area contributed by atoms with Gasteiger partial charge in [-0.25, -0.2) is 8.42 Å². The highest BCUT2D eigenvalue weighted by atomic mass is 79.9. The number of hydrogen-bond donors (Lipinski definition) is 1. The Bertz CT molecular complexity index is 1130. The van der Waals surface area contributed by atoms with E-state index in [0.717, 1.165) is 47.4 Å². The number of hydrogen-bond acceptors (Lipinski definition) is 4. The molecule has 2 aromatic rings. The first kappa shape index (κ1) is 27.2. The second-order valence-electron chi connectivity index (χ2n) is 9.25. The number of halogens is 1. The lowest BCUT2D eigenvalue weighted by molar-refractivity contribution is -0.139. The van der Waals surface area contributed by atoms with E-state index in [1.54, 1.807) is 31.2 Å². The highest BCUT2D eigenvalue weighted by Crippen LogP contribution is 2.28. The van der Waals surface area contributed by atoms with Crippen LogP contribution in [0.2, 0.25) is 0 Å². The topological polar surface area (TPSA) is 86.8 Å². The van der Waals surface area contributed by atoms with Crippen LogP contribution in [-0.2, 0) is 26.2 Å². The fourth-order valence-corrected chi connectivity index (χ4v) is 5.77. The van der Waals surface area contributed by atoms with Crippen molar-refractivity contribution in [1.29, 1.82) is 0 Å². The molecule has 190 valence electrons. The second-order valence-corrected chi connectivity index (χ2v) is 12.0. The van der Waals surface area contributed by atoms with Gasteiger partial charge in [-0.2, -0.15) is 0 Å². The van der Waals surface area contributed by atoms with Gasteiger partial charge in [-0.1, -0.05) is 61.2 Å². The third-order valence-corrected chi connectivity index (χ3v) is 8.19. The van der Waals surface area contributed by atoms with Crippen LogP contribution in [0.3, 0.4) is 0 Å². The highest BCUT2D eigenvalue weighted by Gasteiger charge is 2.31. The summed E-state index contributed by atoms with van der Waals surface area (Å²) in [5.41, 5.74) is 2.33. The number of rotatable bonds is 9. The van der Waals surface area contributed by atoms with Crippen LogP contribution in [0.25, 0.3) is 0 Å². The molecule has 9 heteroatoms. The second kappa shape index (κ2) is 12.0. The van der Waals surface area contributed by atoms with E-state index in [4.69, 9.17) is 0 Å². The van der Waals surface area contributed by atoms with Crippen molar-refractivity contribution in [2.75, 3.05) is 17.1 Å². The molecule has 1 atom stereocenters. The molecular weight excluding hydrogens is 530 g/mol. The van der Waals surface area contributed by atoms with Gasteiger partial charge in [-0.3, -0.25) is 13.9 Å². The molecule has 1 aliphatic rings. The van der Waals surface area contributed by atoms with Crippen molar-refractivity contribution in [2.45, 2.75) is 64.6 Å². The minimum Gasteiger partial charge on any atom is -0.352 e. The van der Waals surface area contributed by atoms with Gasteiger partial charge in [0.25, 0.3) is 0 Å². The van der Waals surface area contributed by atoms with E-state index in [1.807, 2.05) is 31.2 Å². The van der Waals surface area contributed by atoms with Gasteiger partial charge in [0, 0.05) is 17.1 Å². The first-order chi connectivity index (χ1) is 16.6. The molecule has 1 fully saturated rings. The fraction of sp³-hybridized carbons (Fsp3) is 0.462. The maximum Gasteiger partial charge on any atom is 0.244 e. The van der Waals surface area contributed by atoms with Gasteiger partial charge in [0.05, 0.1) is 11.9 Å². The lowest BCUT2D eigenvalue weighted by Crippen LogP contribution is -2.53. The van der Waals surface area contributed by atoms with Gasteiger partial charge in [0.15, 0.2) is 0 Å². The van der Waals surface area contributed by atoms with E-state index in [2.05, 4.69) is 21.2 Å². The predicted molar refractivity (Wildman–Crippen MR) is 143 cm³/mol. The lowest BCUT2D eigenvalue weighted by Gasteiger charge is -2.33. The zero-order valence-electron chi connectivity index (χ0n) is 20.5. The van der Waals surface area contributed by atoms with Crippen molar-refractivity contribution in [3.8, 4) is 0 Å². The molecule has 1 saturated carbocycles. The van der Waals surface area contributed by atoms with Crippen LogP contribution in [0.1, 0.15) is 50.2 Å². The summed E-state index contributed by atoms with van der Waals surface area (Å²) in [4.78, 5) is 28.3. The molecule has 1 N–H and O–H groups in total. The number of benzene rings is 2. The number of carbonyl (C=O) groups excluding carboxylic acids is 2. The Kier molecular flexibility index (Phi) is 9.35. The average molecular weight is 565 g/mol. The molecule has 0 bridgehead atoms. The van der Waals surface area contributed by atoms with Gasteiger partial charge in [0.1, 0.15) is 12.6 Å². The van der Waals surface area contributed by atoms with Crippen molar-refractivity contribution >= 4 is 43.5 Å². The maximum atomic E-state index is 13.6. The molecule has 7 nitrogen and oxygen atoms in total. The number of sulfonamides is 1. The van der Waals surface area contributed by atoms with Gasteiger partial charge in [0.2, 0.25) is 21.8 Å². The van der Waals surface area contributed by atoms with Crippen LogP contribution < -0.4 is 9.62 Å². The normalized spacial score (nSPS) is 15.3. The Morgan fingerprint density at radius 3 is 2.29 bits per heavy atom. The molecule has 2 aromatic carbocycles. The van der Waals surface area contributed by atoms with E-state index in [-0.39, 0.29) is 18.5 Å². The van der Waals surface area contributed by atoms with Crippen molar-refractivity contribution < 1.29 is 18.0 Å². The van der Waals surface area contributed by atoms with Crippen LogP contribution >= 0.6 is 15.9 Å². The largest absolute Gasteiger partial charge is 0.352 e. The summed E-state index contributed by atoms with van der Waals surface area (Å²) in [7, 11) is -3.76. The van der Waals surface area contributed by atoms with Crippen LogP contribution in [0.15, 0.2) is 53.0 Å². The molecule has 2 amide bonds. The summed E-state index contributed by atoms with van der Waals surface area (Å²) >= 11 is 3.39. The predicted octanol–water partition coefficient (Wildman–Crippen LogP) is 4.39. The Balaban J connectivity index is 1.87. The molecule has 0 radical (unpaired) electrons. The number of amides is 2. The van der Waals surface area contributed by atoms with E-state index in [0.29, 0.717) is 10.2 Å². The zero-order valence-corrected chi connectivity index (χ0v) is 22.9. The van der Waals surface area contributed by atoms with E-state index >= 15 is 0 Å². The first-order valence-corrected chi connectivity index (χ1v) is 14.6. The van der Waals surface area contributed by atoms with Crippen LogP contribution in [0.5, 0.6) is 0 Å². The Morgan fingerprint density at radius 2 is 1.69 bits per heavy atom. The lowest BCUT2D eigenvalue weighted by atomic mass is 9.95. The van der Waals surface area contributed by atoms with Crippen molar-refractivity contribution in [3.05, 3.63) is 64.1 Å². The van der Waals surface area contributed by atoms with Crippen molar-refractivity contribution in [3.63, 3.8) is 0 Å². The van der Waals surface area contributed by atoms with Crippen molar-refractivity contribution in [1.82, 2.24) is 10.2 Å². The third kappa shape index (κ3) is 7.54. The monoisotopic (exact) mass is 563 g/mol. The molecule has 0 unspecified atom stereocenters. The van der Waals surface area contributed by atoms with Gasteiger partial charge in [-0.15, -0.1) is 0 Å². The number of aryl methyl sites for hydroxylation is 1. The molecule has 0 saturated heterocycles. The molecule has 1 aliphatic carbocycles. The fourth-order valence-electron chi connectivity index (χ4n) is 4.29. The number of para-hydroxylation sites is 1. The number of nitrogens with zero attached hydrogens (tertiary/aromatic N) is 2. The van der Waals surface area contributed by atoms with E-state index < -0.39 is 28.5 Å². The van der Waals surface area contributed by atoms with Gasteiger partial charge >= 0.3 is 0 Å². The van der Waals surface area contributed by atoms with Crippen LogP contribution in [-0.4, -0.2) is 50.0 Å². The minimum absolute atomic E-state index is 0.114. The molecule has 3 rings (SSSR count). The summed E-state index contributed by atoms with van der Waals surface area (Å²) in [6.07, 6.45) is 6.29. The number of anilines is 1. The first-order valence-electron chi connectivity index (χ1n) is 11.9.